The average molecular weight is 581 g/mol. The molecular formula is C29H27ClF2N6O3. The Kier molecular flexibility index (Phi) is 6.56. The van der Waals surface area contributed by atoms with Crippen LogP contribution in [0.3, 0.4) is 0 Å². The lowest BCUT2D eigenvalue weighted by Gasteiger charge is -2.40. The number of anilines is 1. The predicted octanol–water partition coefficient (Wildman–Crippen LogP) is 4.88. The molecule has 0 N–H and O–H groups in total. The quantitative estimate of drug-likeness (QED) is 0.320. The van der Waals surface area contributed by atoms with Crippen molar-refractivity contribution in [3.8, 4) is 22.8 Å². The van der Waals surface area contributed by atoms with Crippen LogP contribution in [0.5, 0.6) is 5.75 Å². The number of rotatable bonds is 4. The van der Waals surface area contributed by atoms with Crippen molar-refractivity contribution in [1.82, 2.24) is 24.0 Å². The number of fused-ring (bicyclic) bond motifs is 5. The van der Waals surface area contributed by atoms with E-state index in [1.165, 1.54) is 16.7 Å². The van der Waals surface area contributed by atoms with Crippen molar-refractivity contribution in [2.45, 2.75) is 39.5 Å². The third kappa shape index (κ3) is 4.18. The molecule has 0 saturated carbocycles. The van der Waals surface area contributed by atoms with Crippen molar-refractivity contribution in [3.05, 3.63) is 76.0 Å². The fourth-order valence-corrected chi connectivity index (χ4v) is 5.99. The molecule has 4 heterocycles. The minimum Gasteiger partial charge on any atom is -0.486 e. The van der Waals surface area contributed by atoms with Gasteiger partial charge >= 0.3 is 5.69 Å². The molecular weight excluding hydrogens is 554 g/mol. The first-order valence-corrected chi connectivity index (χ1v) is 13.6. The number of amides is 1. The number of carbonyl (C=O) groups is 1. The topological polar surface area (TPSA) is 85.5 Å². The van der Waals surface area contributed by atoms with E-state index in [4.69, 9.17) is 16.3 Å². The molecule has 0 spiro atoms. The van der Waals surface area contributed by atoms with Crippen molar-refractivity contribution in [2.75, 3.05) is 24.5 Å². The Morgan fingerprint density at radius 3 is 2.73 bits per heavy atom. The van der Waals surface area contributed by atoms with Gasteiger partial charge in [0.1, 0.15) is 17.9 Å². The van der Waals surface area contributed by atoms with Crippen LogP contribution in [0.25, 0.3) is 28.0 Å². The summed E-state index contributed by atoms with van der Waals surface area (Å²) in [5.41, 5.74) is 0.239. The Morgan fingerprint density at radius 1 is 1.24 bits per heavy atom. The summed E-state index contributed by atoms with van der Waals surface area (Å²) < 4.78 is 39.0. The maximum Gasteiger partial charge on any atom is 0.357 e. The van der Waals surface area contributed by atoms with Gasteiger partial charge in [0.2, 0.25) is 11.9 Å². The molecule has 6 rings (SSSR count). The third-order valence-corrected chi connectivity index (χ3v) is 7.96. The van der Waals surface area contributed by atoms with E-state index >= 15 is 4.39 Å². The lowest BCUT2D eigenvalue weighted by Crippen LogP contribution is -2.54. The van der Waals surface area contributed by atoms with Crippen molar-refractivity contribution < 1.29 is 18.3 Å². The zero-order valence-corrected chi connectivity index (χ0v) is 23.5. The van der Waals surface area contributed by atoms with Crippen LogP contribution in [-0.4, -0.2) is 55.6 Å². The minimum atomic E-state index is -1.04. The Morgan fingerprint density at radius 2 is 2.02 bits per heavy atom. The van der Waals surface area contributed by atoms with Crippen LogP contribution >= 0.6 is 11.6 Å². The van der Waals surface area contributed by atoms with Crippen LogP contribution in [0.2, 0.25) is 5.02 Å². The van der Waals surface area contributed by atoms with Crippen LogP contribution in [0.4, 0.5) is 14.6 Å². The number of imidazole rings is 1. The van der Waals surface area contributed by atoms with Gasteiger partial charge in [-0.05, 0) is 39.0 Å². The van der Waals surface area contributed by atoms with Crippen LogP contribution in [0, 0.1) is 11.6 Å². The number of hydrogen-bond acceptors (Lipinski definition) is 6. The molecule has 0 aliphatic carbocycles. The van der Waals surface area contributed by atoms with Gasteiger partial charge in [-0.2, -0.15) is 4.98 Å². The number of hydrogen-bond donors (Lipinski definition) is 0. The first-order valence-electron chi connectivity index (χ1n) is 13.2. The van der Waals surface area contributed by atoms with Gasteiger partial charge < -0.3 is 19.1 Å². The smallest absolute Gasteiger partial charge is 0.357 e. The normalized spacial score (nSPS) is 16.5. The van der Waals surface area contributed by atoms with Gasteiger partial charge in [-0.3, -0.25) is 4.79 Å². The minimum absolute atomic E-state index is 0.00682. The van der Waals surface area contributed by atoms with Crippen LogP contribution in [0.1, 0.15) is 32.4 Å². The number of carbonyl (C=O) groups excluding carboxylic acids is 1. The first-order chi connectivity index (χ1) is 19.6. The molecule has 1 saturated heterocycles. The molecule has 2 aromatic heterocycles. The Balaban J connectivity index is 1.67. The first kappa shape index (κ1) is 26.9. The predicted molar refractivity (Wildman–Crippen MR) is 152 cm³/mol. The number of halogens is 3. The second kappa shape index (κ2) is 9.99. The summed E-state index contributed by atoms with van der Waals surface area (Å²) in [6, 6.07) is 3.85. The summed E-state index contributed by atoms with van der Waals surface area (Å²) in [6.07, 6.45) is 4.60. The van der Waals surface area contributed by atoms with E-state index in [9.17, 15) is 14.0 Å². The summed E-state index contributed by atoms with van der Waals surface area (Å²) in [7, 11) is 0. The van der Waals surface area contributed by atoms with Crippen molar-refractivity contribution in [3.63, 3.8) is 0 Å². The largest absolute Gasteiger partial charge is 0.486 e. The number of aromatic nitrogens is 4. The molecule has 1 atom stereocenters. The third-order valence-electron chi connectivity index (χ3n) is 7.66. The number of benzene rings is 2. The average Bonchev–Trinajstić information content (AvgIpc) is 3.44. The highest BCUT2D eigenvalue weighted by Gasteiger charge is 2.34. The SMILES string of the molecule is C=CC(=O)N1CCN(c2nc(=O)n(-c3nccn3C(C)C)c3c4c(c(Cl)cc23)-c2c(ccc(F)c2F)CO4)[C@@H](C)C1. The van der Waals surface area contributed by atoms with E-state index in [-0.39, 0.29) is 46.5 Å². The van der Waals surface area contributed by atoms with Gasteiger partial charge in [0, 0.05) is 66.2 Å². The standard InChI is InChI=1S/C29H27ClF2N6O3/c1-5-21(39)35-10-11-37(16(4)13-35)27-18-12-19(30)23-22-17(6-7-20(31)24(22)32)14-41-26(23)25(18)38(29(40)34-27)28-33-8-9-36(28)15(2)3/h5-9,12,15-16H,1,10-11,13-14H2,2-4H3/t16-/m0/s1. The lowest BCUT2D eigenvalue weighted by atomic mass is 9.94. The van der Waals surface area contributed by atoms with E-state index in [0.717, 1.165) is 6.07 Å². The molecule has 12 heteroatoms. The second-order valence-corrected chi connectivity index (χ2v) is 10.9. The molecule has 0 radical (unpaired) electrons. The zero-order chi connectivity index (χ0) is 29.2. The monoisotopic (exact) mass is 580 g/mol. The van der Waals surface area contributed by atoms with Gasteiger partial charge in [-0.25, -0.2) is 23.1 Å². The Labute approximate surface area is 239 Å². The molecule has 0 unspecified atom stereocenters. The molecule has 1 amide bonds. The molecule has 0 bridgehead atoms. The summed E-state index contributed by atoms with van der Waals surface area (Å²) in [5.74, 6) is -1.46. The highest BCUT2D eigenvalue weighted by atomic mass is 35.5. The van der Waals surface area contributed by atoms with Crippen LogP contribution in [0.15, 0.2) is 48.0 Å². The maximum atomic E-state index is 15.3. The summed E-state index contributed by atoms with van der Waals surface area (Å²) >= 11 is 6.82. The van der Waals surface area contributed by atoms with Gasteiger partial charge in [0.05, 0.1) is 5.02 Å². The van der Waals surface area contributed by atoms with E-state index in [1.807, 2.05) is 30.2 Å². The summed E-state index contributed by atoms with van der Waals surface area (Å²) in [5, 5.41) is 0.591. The van der Waals surface area contributed by atoms with Crippen molar-refractivity contribution in [2.24, 2.45) is 0 Å². The van der Waals surface area contributed by atoms with E-state index in [0.29, 0.717) is 47.9 Å². The number of nitrogens with zero attached hydrogens (tertiary/aromatic N) is 6. The highest BCUT2D eigenvalue weighted by Crippen LogP contribution is 2.49. The van der Waals surface area contributed by atoms with Gasteiger partial charge in [0.15, 0.2) is 17.4 Å². The fourth-order valence-electron chi connectivity index (χ4n) is 5.70. The van der Waals surface area contributed by atoms with Gasteiger partial charge in [-0.15, -0.1) is 0 Å². The Hall–Kier alpha value is -4.25. The van der Waals surface area contributed by atoms with Crippen molar-refractivity contribution in [1.29, 1.82) is 0 Å². The molecule has 4 aromatic rings. The highest BCUT2D eigenvalue weighted by molar-refractivity contribution is 6.35. The van der Waals surface area contributed by atoms with Crippen LogP contribution in [-0.2, 0) is 11.4 Å². The summed E-state index contributed by atoms with van der Waals surface area (Å²) in [4.78, 5) is 38.7. The maximum absolute atomic E-state index is 15.3. The second-order valence-electron chi connectivity index (χ2n) is 10.5. The molecule has 41 heavy (non-hydrogen) atoms. The molecule has 2 aromatic carbocycles. The van der Waals surface area contributed by atoms with E-state index < -0.39 is 17.3 Å². The van der Waals surface area contributed by atoms with Gasteiger partial charge in [0.25, 0.3) is 0 Å². The van der Waals surface area contributed by atoms with Gasteiger partial charge in [-0.1, -0.05) is 24.2 Å². The lowest BCUT2D eigenvalue weighted by molar-refractivity contribution is -0.126. The fraction of sp³-hybridized carbons (Fsp3) is 0.310. The number of piperazine rings is 1. The molecule has 212 valence electrons. The van der Waals surface area contributed by atoms with E-state index in [2.05, 4.69) is 16.5 Å². The summed E-state index contributed by atoms with van der Waals surface area (Å²) in [6.45, 7) is 10.5. The van der Waals surface area contributed by atoms with Crippen molar-refractivity contribution >= 4 is 34.2 Å². The van der Waals surface area contributed by atoms with E-state index in [1.54, 1.807) is 23.4 Å². The number of ether oxygens (including phenoxy) is 1. The van der Waals surface area contributed by atoms with Crippen LogP contribution < -0.4 is 15.3 Å². The molecule has 1 fully saturated rings. The molecule has 2 aliphatic heterocycles. The molecule has 9 nitrogen and oxygen atoms in total. The Bertz CT molecular complexity index is 1800. The zero-order valence-electron chi connectivity index (χ0n) is 22.7. The molecule has 2 aliphatic rings.